The highest BCUT2D eigenvalue weighted by Crippen LogP contribution is 2.67. The second-order valence-electron chi connectivity index (χ2n) is 14.6. The number of nitrogens with two attached hydrogens (primary N) is 1. The smallest absolute Gasteiger partial charge is 0.266 e. The number of fused-ring (bicyclic) bond motifs is 5. The molecule has 0 saturated heterocycles. The first-order chi connectivity index (χ1) is 17.4. The second kappa shape index (κ2) is 10.9. The number of nitrogens with zero attached hydrogens (tertiary/aromatic N) is 1. The van der Waals surface area contributed by atoms with Crippen molar-refractivity contribution in [3.63, 3.8) is 0 Å². The number of likely N-dealkylation sites (N-methyl/N-ethyl adjacent to an activating group) is 1. The van der Waals surface area contributed by atoms with Crippen molar-refractivity contribution in [2.75, 3.05) is 13.6 Å². The number of hydrogen-bond donors (Lipinski definition) is 3. The van der Waals surface area contributed by atoms with Crippen LogP contribution in [0.4, 0.5) is 0 Å². The molecule has 0 bridgehead atoms. The zero-order valence-electron chi connectivity index (χ0n) is 25.0. The monoisotopic (exact) mass is 515 g/mol. The van der Waals surface area contributed by atoms with Gasteiger partial charge in [-0.15, -0.1) is 0 Å². The Morgan fingerprint density at radius 3 is 2.51 bits per heavy atom. The summed E-state index contributed by atoms with van der Waals surface area (Å²) in [6.45, 7) is 14.8. The molecule has 0 aromatic carbocycles. The maximum Gasteiger partial charge on any atom is 0.266 e. The molecule has 0 radical (unpaired) electrons. The van der Waals surface area contributed by atoms with Crippen LogP contribution in [-0.2, 0) is 4.79 Å². The molecule has 37 heavy (non-hydrogen) atoms. The van der Waals surface area contributed by atoms with Gasteiger partial charge in [-0.05, 0) is 98.2 Å². The van der Waals surface area contributed by atoms with E-state index in [9.17, 15) is 9.90 Å². The van der Waals surface area contributed by atoms with Crippen molar-refractivity contribution in [2.45, 2.75) is 124 Å². The van der Waals surface area contributed by atoms with Crippen LogP contribution in [0.25, 0.3) is 0 Å². The Morgan fingerprint density at radius 1 is 1.11 bits per heavy atom. The lowest BCUT2D eigenvalue weighted by molar-refractivity contribution is -0.150. The number of hydrazine groups is 1. The van der Waals surface area contributed by atoms with Gasteiger partial charge in [-0.1, -0.05) is 65.5 Å². The van der Waals surface area contributed by atoms with Crippen LogP contribution in [0, 0.1) is 46.3 Å². The standard InChI is InChI=1S/C32H57N3O2/c1-21(2)9-8-10-22(3)26-13-14-27-25-12-11-24-19-32(37,29(36)34-35(7)23(4)20-33)18-17-30(24,5)28(25)15-16-31(26,27)6/h11,21-23,25-28,37H,8-10,12-20,33H2,1-7H3,(H,34,36)/t22-,23?,25+,26-,27+,28+,30+,31-,32?/m1/s1. The number of amides is 1. The molecule has 3 fully saturated rings. The van der Waals surface area contributed by atoms with E-state index in [2.05, 4.69) is 46.1 Å². The molecule has 4 aliphatic carbocycles. The van der Waals surface area contributed by atoms with E-state index in [1.54, 1.807) is 5.01 Å². The normalized spacial score (nSPS) is 41.0. The molecule has 9 atom stereocenters. The fourth-order valence-corrected chi connectivity index (χ4v) is 9.40. The van der Waals surface area contributed by atoms with Crippen molar-refractivity contribution in [3.8, 4) is 0 Å². The third-order valence-electron chi connectivity index (χ3n) is 12.1. The van der Waals surface area contributed by atoms with Crippen molar-refractivity contribution in [2.24, 2.45) is 52.1 Å². The summed E-state index contributed by atoms with van der Waals surface area (Å²) < 4.78 is 0. The van der Waals surface area contributed by atoms with Crippen molar-refractivity contribution in [3.05, 3.63) is 11.6 Å². The van der Waals surface area contributed by atoms with E-state index in [1.807, 2.05) is 14.0 Å². The van der Waals surface area contributed by atoms with Crippen LogP contribution in [-0.4, -0.2) is 41.3 Å². The average Bonchev–Trinajstić information content (AvgIpc) is 3.21. The highest BCUT2D eigenvalue weighted by molar-refractivity contribution is 5.85. The summed E-state index contributed by atoms with van der Waals surface area (Å²) in [6.07, 6.45) is 15.1. The SMILES string of the molecule is CC(C)CCC[C@@H](C)[C@H]1CC[C@H]2[C@@H]3CC=C4CC(O)(C(=O)NN(C)C(C)CN)CC[C@]4(C)[C@H]3CC[C@]12C. The van der Waals surface area contributed by atoms with E-state index in [4.69, 9.17) is 5.73 Å². The zero-order valence-corrected chi connectivity index (χ0v) is 25.0. The Kier molecular flexibility index (Phi) is 8.59. The van der Waals surface area contributed by atoms with Crippen LogP contribution in [0.1, 0.15) is 112 Å². The van der Waals surface area contributed by atoms with Gasteiger partial charge in [0.1, 0.15) is 5.60 Å². The molecule has 5 heteroatoms. The molecule has 3 saturated carbocycles. The van der Waals surface area contributed by atoms with E-state index >= 15 is 0 Å². The van der Waals surface area contributed by atoms with Crippen LogP contribution in [0.5, 0.6) is 0 Å². The van der Waals surface area contributed by atoms with Crippen molar-refractivity contribution >= 4 is 5.91 Å². The van der Waals surface area contributed by atoms with Crippen LogP contribution in [0.15, 0.2) is 11.6 Å². The summed E-state index contributed by atoms with van der Waals surface area (Å²) in [7, 11) is 1.83. The molecule has 0 heterocycles. The molecule has 0 aromatic heterocycles. The molecule has 4 aliphatic rings. The topological polar surface area (TPSA) is 78.6 Å². The second-order valence-corrected chi connectivity index (χ2v) is 14.6. The lowest BCUT2D eigenvalue weighted by Gasteiger charge is -2.59. The third kappa shape index (κ3) is 5.31. The molecule has 4 N–H and O–H groups in total. The number of rotatable bonds is 9. The maximum atomic E-state index is 13.1. The lowest BCUT2D eigenvalue weighted by Crippen LogP contribution is -2.59. The number of carbonyl (C=O) groups is 1. The van der Waals surface area contributed by atoms with Crippen molar-refractivity contribution in [1.82, 2.24) is 10.4 Å². The minimum absolute atomic E-state index is 0.0285. The number of hydrogen-bond acceptors (Lipinski definition) is 4. The Labute approximate surface area is 227 Å². The summed E-state index contributed by atoms with van der Waals surface area (Å²) in [5.41, 5.74) is 9.30. The van der Waals surface area contributed by atoms with Crippen molar-refractivity contribution in [1.29, 1.82) is 0 Å². The summed E-state index contributed by atoms with van der Waals surface area (Å²) in [5.74, 6) is 4.52. The van der Waals surface area contributed by atoms with Gasteiger partial charge in [-0.3, -0.25) is 10.2 Å². The van der Waals surface area contributed by atoms with Gasteiger partial charge < -0.3 is 10.8 Å². The Bertz CT molecular complexity index is 857. The number of nitrogens with one attached hydrogen (secondary N) is 1. The van der Waals surface area contributed by atoms with E-state index < -0.39 is 5.60 Å². The highest BCUT2D eigenvalue weighted by Gasteiger charge is 2.60. The molecule has 5 nitrogen and oxygen atoms in total. The first-order valence-corrected chi connectivity index (χ1v) is 15.5. The predicted octanol–water partition coefficient (Wildman–Crippen LogP) is 6.07. The van der Waals surface area contributed by atoms with Crippen LogP contribution in [0.2, 0.25) is 0 Å². The molecule has 2 unspecified atom stereocenters. The van der Waals surface area contributed by atoms with Gasteiger partial charge in [-0.2, -0.15) is 0 Å². The number of carbonyl (C=O) groups excluding carboxylic acids is 1. The maximum absolute atomic E-state index is 13.1. The summed E-state index contributed by atoms with van der Waals surface area (Å²) >= 11 is 0. The molecule has 4 rings (SSSR count). The van der Waals surface area contributed by atoms with E-state index in [0.717, 1.165) is 42.4 Å². The van der Waals surface area contributed by atoms with Crippen LogP contribution in [0.3, 0.4) is 0 Å². The van der Waals surface area contributed by atoms with E-state index in [-0.39, 0.29) is 17.4 Å². The molecule has 0 aromatic rings. The summed E-state index contributed by atoms with van der Waals surface area (Å²) in [6, 6.07) is 0.0285. The fourth-order valence-electron chi connectivity index (χ4n) is 9.40. The highest BCUT2D eigenvalue weighted by atomic mass is 16.3. The zero-order chi connectivity index (χ0) is 27.2. The lowest BCUT2D eigenvalue weighted by atomic mass is 9.46. The van der Waals surface area contributed by atoms with Gasteiger partial charge in [0.2, 0.25) is 0 Å². The minimum Gasteiger partial charge on any atom is -0.380 e. The minimum atomic E-state index is -1.33. The predicted molar refractivity (Wildman–Crippen MR) is 152 cm³/mol. The summed E-state index contributed by atoms with van der Waals surface area (Å²) in [4.78, 5) is 13.1. The van der Waals surface area contributed by atoms with Crippen LogP contribution < -0.4 is 11.2 Å². The van der Waals surface area contributed by atoms with Gasteiger partial charge >= 0.3 is 0 Å². The fraction of sp³-hybridized carbons (Fsp3) is 0.906. The summed E-state index contributed by atoms with van der Waals surface area (Å²) in [5, 5.41) is 13.2. The van der Waals surface area contributed by atoms with Gasteiger partial charge in [0, 0.05) is 26.1 Å². The molecule has 212 valence electrons. The number of allylic oxidation sites excluding steroid dienone is 1. The molecule has 1 amide bonds. The van der Waals surface area contributed by atoms with E-state index in [0.29, 0.717) is 30.7 Å². The Hall–Kier alpha value is -0.910. The van der Waals surface area contributed by atoms with E-state index in [1.165, 1.54) is 50.5 Å². The molecule has 0 aliphatic heterocycles. The first kappa shape index (κ1) is 29.1. The molecular weight excluding hydrogens is 458 g/mol. The van der Waals surface area contributed by atoms with Gasteiger partial charge in [-0.25, -0.2) is 5.01 Å². The Balaban J connectivity index is 1.46. The third-order valence-corrected chi connectivity index (χ3v) is 12.1. The number of aliphatic hydroxyl groups is 1. The molecular formula is C32H57N3O2. The van der Waals surface area contributed by atoms with Gasteiger partial charge in [0.05, 0.1) is 0 Å². The Morgan fingerprint density at radius 2 is 1.84 bits per heavy atom. The van der Waals surface area contributed by atoms with Crippen molar-refractivity contribution < 1.29 is 9.90 Å². The molecule has 0 spiro atoms. The largest absolute Gasteiger partial charge is 0.380 e. The van der Waals surface area contributed by atoms with Crippen LogP contribution >= 0.6 is 0 Å². The quantitative estimate of drug-likeness (QED) is 0.257. The van der Waals surface area contributed by atoms with Gasteiger partial charge in [0.15, 0.2) is 0 Å². The average molecular weight is 516 g/mol. The van der Waals surface area contributed by atoms with Gasteiger partial charge in [0.25, 0.3) is 5.91 Å². The first-order valence-electron chi connectivity index (χ1n) is 15.5.